The Morgan fingerprint density at radius 3 is 2.74 bits per heavy atom. The second-order valence-corrected chi connectivity index (χ2v) is 7.16. The maximum atomic E-state index is 13.0. The topological polar surface area (TPSA) is 42.4 Å². The first kappa shape index (κ1) is 16.2. The number of ether oxygens (including phenoxy) is 1. The van der Waals surface area contributed by atoms with Crippen LogP contribution in [0, 0.1) is 13.8 Å². The molecular formula is C18H21ClN2O2. The molecule has 1 aliphatic rings. The number of morpholine rings is 1. The molecule has 0 spiro atoms. The Kier molecular flexibility index (Phi) is 4.07. The third-order valence-corrected chi connectivity index (χ3v) is 4.62. The van der Waals surface area contributed by atoms with E-state index in [1.54, 1.807) is 0 Å². The second kappa shape index (κ2) is 5.77. The number of pyridine rings is 1. The average Bonchev–Trinajstić information content (AvgIpc) is 2.46. The van der Waals surface area contributed by atoms with Crippen LogP contribution in [0.25, 0.3) is 10.9 Å². The van der Waals surface area contributed by atoms with Gasteiger partial charge in [-0.2, -0.15) is 0 Å². The first-order chi connectivity index (χ1) is 10.8. The number of carbonyl (C=O) groups excluding carboxylic acids is 1. The molecule has 0 atom stereocenters. The van der Waals surface area contributed by atoms with E-state index < -0.39 is 0 Å². The Morgan fingerprint density at radius 2 is 2.04 bits per heavy atom. The highest BCUT2D eigenvalue weighted by molar-refractivity contribution is 6.33. The van der Waals surface area contributed by atoms with Gasteiger partial charge in [0.2, 0.25) is 0 Å². The molecule has 122 valence electrons. The molecule has 1 aromatic carbocycles. The van der Waals surface area contributed by atoms with E-state index in [-0.39, 0.29) is 16.6 Å². The van der Waals surface area contributed by atoms with Crippen LogP contribution >= 0.6 is 11.6 Å². The van der Waals surface area contributed by atoms with Crippen molar-refractivity contribution < 1.29 is 9.53 Å². The third-order valence-electron chi connectivity index (χ3n) is 4.33. The molecule has 0 radical (unpaired) electrons. The molecule has 0 saturated carbocycles. The summed E-state index contributed by atoms with van der Waals surface area (Å²) in [4.78, 5) is 19.3. The lowest BCUT2D eigenvalue weighted by molar-refractivity contribution is -0.0370. The van der Waals surface area contributed by atoms with Gasteiger partial charge in [-0.3, -0.25) is 4.79 Å². The van der Waals surface area contributed by atoms with Crippen LogP contribution in [-0.2, 0) is 4.74 Å². The zero-order valence-electron chi connectivity index (χ0n) is 13.9. The van der Waals surface area contributed by atoms with E-state index in [1.165, 1.54) is 0 Å². The van der Waals surface area contributed by atoms with Gasteiger partial charge < -0.3 is 9.64 Å². The van der Waals surface area contributed by atoms with Gasteiger partial charge in [-0.15, -0.1) is 0 Å². The second-order valence-electron chi connectivity index (χ2n) is 6.80. The van der Waals surface area contributed by atoms with Crippen molar-refractivity contribution in [3.05, 3.63) is 40.0 Å². The lowest BCUT2D eigenvalue weighted by atomic mass is 10.00. The number of aryl methyl sites for hydroxylation is 2. The van der Waals surface area contributed by atoms with Crippen molar-refractivity contribution in [1.82, 2.24) is 9.88 Å². The highest BCUT2D eigenvalue weighted by Gasteiger charge is 2.35. The number of aromatic nitrogens is 1. The molecule has 1 aliphatic heterocycles. The van der Waals surface area contributed by atoms with E-state index in [4.69, 9.17) is 16.3 Å². The van der Waals surface area contributed by atoms with Crippen molar-refractivity contribution >= 4 is 28.4 Å². The van der Waals surface area contributed by atoms with Gasteiger partial charge in [-0.1, -0.05) is 23.2 Å². The van der Waals surface area contributed by atoms with Crippen LogP contribution in [0.5, 0.6) is 0 Å². The third kappa shape index (κ3) is 2.93. The number of hydrogen-bond acceptors (Lipinski definition) is 3. The van der Waals surface area contributed by atoms with Crippen LogP contribution in [0.2, 0.25) is 5.15 Å². The fourth-order valence-electron chi connectivity index (χ4n) is 3.16. The Morgan fingerprint density at radius 1 is 1.30 bits per heavy atom. The largest absolute Gasteiger partial charge is 0.377 e. The number of nitrogens with zero attached hydrogens (tertiary/aromatic N) is 2. The van der Waals surface area contributed by atoms with Gasteiger partial charge in [0.05, 0.1) is 29.8 Å². The number of rotatable bonds is 1. The minimum absolute atomic E-state index is 0.0862. The zero-order chi connectivity index (χ0) is 16.8. The predicted octanol–water partition coefficient (Wildman–Crippen LogP) is 3.76. The molecule has 0 bridgehead atoms. The molecule has 3 rings (SSSR count). The number of amides is 1. The van der Waals surface area contributed by atoms with Crippen molar-refractivity contribution in [3.8, 4) is 0 Å². The van der Waals surface area contributed by atoms with Crippen molar-refractivity contribution in [2.24, 2.45) is 0 Å². The number of benzene rings is 1. The Labute approximate surface area is 141 Å². The van der Waals surface area contributed by atoms with Gasteiger partial charge >= 0.3 is 0 Å². The number of fused-ring (bicyclic) bond motifs is 1. The molecule has 0 aliphatic carbocycles. The highest BCUT2D eigenvalue weighted by atomic mass is 35.5. The molecule has 1 fully saturated rings. The van der Waals surface area contributed by atoms with Gasteiger partial charge in [0.15, 0.2) is 0 Å². The Bertz CT molecular complexity index is 786. The maximum absolute atomic E-state index is 13.0. The minimum Gasteiger partial charge on any atom is -0.377 e. The van der Waals surface area contributed by atoms with Crippen LogP contribution in [0.1, 0.15) is 35.3 Å². The molecule has 23 heavy (non-hydrogen) atoms. The molecule has 2 aromatic rings. The SMILES string of the molecule is Cc1cc(C)c2nc(Cl)c(C(=O)N3CCOCC3(C)C)cc2c1. The lowest BCUT2D eigenvalue weighted by Crippen LogP contribution is -2.55. The van der Waals surface area contributed by atoms with Crippen LogP contribution < -0.4 is 0 Å². The maximum Gasteiger partial charge on any atom is 0.257 e. The summed E-state index contributed by atoms with van der Waals surface area (Å²) in [6.07, 6.45) is 0. The summed E-state index contributed by atoms with van der Waals surface area (Å²) in [7, 11) is 0. The van der Waals surface area contributed by atoms with Crippen LogP contribution in [-0.4, -0.2) is 41.1 Å². The summed E-state index contributed by atoms with van der Waals surface area (Å²) in [5, 5.41) is 1.21. The van der Waals surface area contributed by atoms with Crippen LogP contribution in [0.4, 0.5) is 0 Å². The van der Waals surface area contributed by atoms with E-state index in [9.17, 15) is 4.79 Å². The van der Waals surface area contributed by atoms with Gasteiger partial charge in [0, 0.05) is 11.9 Å². The number of carbonyl (C=O) groups is 1. The van der Waals surface area contributed by atoms with Gasteiger partial charge in [-0.25, -0.2) is 4.98 Å². The van der Waals surface area contributed by atoms with E-state index in [2.05, 4.69) is 11.1 Å². The highest BCUT2D eigenvalue weighted by Crippen LogP contribution is 2.28. The molecule has 4 nitrogen and oxygen atoms in total. The molecule has 1 saturated heterocycles. The number of halogens is 1. The molecule has 0 N–H and O–H groups in total. The average molecular weight is 333 g/mol. The predicted molar refractivity (Wildman–Crippen MR) is 92.2 cm³/mol. The van der Waals surface area contributed by atoms with Crippen molar-refractivity contribution in [2.45, 2.75) is 33.2 Å². The van der Waals surface area contributed by atoms with Gasteiger partial charge in [0.1, 0.15) is 5.15 Å². The first-order valence-electron chi connectivity index (χ1n) is 7.77. The molecular weight excluding hydrogens is 312 g/mol. The lowest BCUT2D eigenvalue weighted by Gasteiger charge is -2.42. The monoisotopic (exact) mass is 332 g/mol. The summed E-state index contributed by atoms with van der Waals surface area (Å²) in [5.41, 5.74) is 3.16. The Balaban J connectivity index is 2.08. The van der Waals surface area contributed by atoms with Crippen molar-refractivity contribution in [1.29, 1.82) is 0 Å². The van der Waals surface area contributed by atoms with E-state index in [0.717, 1.165) is 22.0 Å². The zero-order valence-corrected chi connectivity index (χ0v) is 14.7. The molecule has 5 heteroatoms. The van der Waals surface area contributed by atoms with E-state index >= 15 is 0 Å². The van der Waals surface area contributed by atoms with Crippen molar-refractivity contribution in [2.75, 3.05) is 19.8 Å². The summed E-state index contributed by atoms with van der Waals surface area (Å²) < 4.78 is 5.49. The molecule has 1 aromatic heterocycles. The minimum atomic E-state index is -0.351. The summed E-state index contributed by atoms with van der Waals surface area (Å²) in [6.45, 7) is 9.68. The smallest absolute Gasteiger partial charge is 0.257 e. The Hall–Kier alpha value is -1.65. The van der Waals surface area contributed by atoms with Crippen molar-refractivity contribution in [3.63, 3.8) is 0 Å². The normalized spacial score (nSPS) is 17.5. The summed E-state index contributed by atoms with van der Waals surface area (Å²) in [6, 6.07) is 5.96. The first-order valence-corrected chi connectivity index (χ1v) is 8.14. The molecule has 1 amide bonds. The van der Waals surface area contributed by atoms with Gasteiger partial charge in [0.25, 0.3) is 5.91 Å². The summed E-state index contributed by atoms with van der Waals surface area (Å²) in [5.74, 6) is -0.0862. The van der Waals surface area contributed by atoms with Crippen LogP contribution in [0.15, 0.2) is 18.2 Å². The summed E-state index contributed by atoms with van der Waals surface area (Å²) >= 11 is 6.33. The quantitative estimate of drug-likeness (QED) is 0.747. The van der Waals surface area contributed by atoms with E-state index in [1.807, 2.05) is 44.7 Å². The van der Waals surface area contributed by atoms with Crippen LogP contribution in [0.3, 0.4) is 0 Å². The van der Waals surface area contributed by atoms with E-state index in [0.29, 0.717) is 25.3 Å². The fourth-order valence-corrected chi connectivity index (χ4v) is 3.38. The standard InChI is InChI=1S/C18H21ClN2O2/c1-11-7-12(2)15-13(8-11)9-14(16(19)20-15)17(22)21-5-6-23-10-18(21,3)4/h7-9H,5-6,10H2,1-4H3. The fraction of sp³-hybridized carbons (Fsp3) is 0.444. The molecule has 0 unspecified atom stereocenters. The molecule has 2 heterocycles. The van der Waals surface area contributed by atoms with Gasteiger partial charge in [-0.05, 0) is 45.4 Å². The number of hydrogen-bond donors (Lipinski definition) is 0.